The average molecular weight is 329 g/mol. The quantitative estimate of drug-likeness (QED) is 0.743. The Balaban J connectivity index is 1.69. The van der Waals surface area contributed by atoms with Crippen LogP contribution in [0.4, 0.5) is 0 Å². The minimum Gasteiger partial charge on any atom is -0.460 e. The third-order valence-corrected chi connectivity index (χ3v) is 5.61. The highest BCUT2D eigenvalue weighted by atomic mass is 16.5. The maximum Gasteiger partial charge on any atom is 0.282 e. The van der Waals surface area contributed by atoms with E-state index in [1.165, 1.54) is 27.6 Å². The van der Waals surface area contributed by atoms with E-state index in [1.807, 2.05) is 12.4 Å². The highest BCUT2D eigenvalue weighted by Gasteiger charge is 2.48. The number of nitrogens with zero attached hydrogens (tertiary/aromatic N) is 2. The van der Waals surface area contributed by atoms with Crippen molar-refractivity contribution in [1.82, 2.24) is 4.98 Å². The van der Waals surface area contributed by atoms with E-state index >= 15 is 0 Å². The van der Waals surface area contributed by atoms with E-state index in [4.69, 9.17) is 10.5 Å². The Morgan fingerprint density at radius 2 is 1.92 bits per heavy atom. The molecular weight excluding hydrogens is 310 g/mol. The number of fused-ring (bicyclic) bond motifs is 2. The Morgan fingerprint density at radius 1 is 1.08 bits per heavy atom. The number of rotatable bonds is 1. The minimum atomic E-state index is -0.255. The lowest BCUT2D eigenvalue weighted by atomic mass is 9.89. The zero-order valence-corrected chi connectivity index (χ0v) is 14.1. The topological polar surface area (TPSA) is 60.5 Å². The fraction of sp³-hybridized carbons (Fsp3) is 0.238. The summed E-state index contributed by atoms with van der Waals surface area (Å²) in [6, 6.07) is 15.4. The van der Waals surface area contributed by atoms with Crippen molar-refractivity contribution < 1.29 is 4.74 Å². The van der Waals surface area contributed by atoms with Crippen LogP contribution >= 0.6 is 0 Å². The molecule has 0 radical (unpaired) electrons. The van der Waals surface area contributed by atoms with Gasteiger partial charge in [-0.3, -0.25) is 4.98 Å². The van der Waals surface area contributed by atoms with Gasteiger partial charge in [0.1, 0.15) is 11.6 Å². The largest absolute Gasteiger partial charge is 0.460 e. The van der Waals surface area contributed by atoms with E-state index in [2.05, 4.69) is 59.4 Å². The van der Waals surface area contributed by atoms with Crippen LogP contribution in [0.1, 0.15) is 18.1 Å². The summed E-state index contributed by atoms with van der Waals surface area (Å²) in [4.78, 5) is 8.92. The highest BCUT2D eigenvalue weighted by Crippen LogP contribution is 2.44. The number of aliphatic imine (C=N–C) groups is 1. The lowest BCUT2D eigenvalue weighted by molar-refractivity contribution is 0.157. The average Bonchev–Trinajstić information content (AvgIpc) is 3.12. The summed E-state index contributed by atoms with van der Waals surface area (Å²) < 4.78 is 5.67. The molecule has 1 spiro atoms. The molecule has 3 aromatic rings. The van der Waals surface area contributed by atoms with Gasteiger partial charge in [-0.15, -0.1) is 0 Å². The SMILES string of the molecule is CC1OC(N)=NC12Cc1cccc(-c3cccc4cnccc34)c1C2. The first-order valence-electron chi connectivity index (χ1n) is 8.62. The van der Waals surface area contributed by atoms with Crippen LogP contribution in [-0.2, 0) is 17.6 Å². The van der Waals surface area contributed by atoms with E-state index in [9.17, 15) is 0 Å². The zero-order chi connectivity index (χ0) is 17.0. The summed E-state index contributed by atoms with van der Waals surface area (Å²) in [6.07, 6.45) is 5.52. The van der Waals surface area contributed by atoms with Crippen molar-refractivity contribution in [2.24, 2.45) is 10.7 Å². The van der Waals surface area contributed by atoms with Crippen LogP contribution in [0.3, 0.4) is 0 Å². The maximum absolute atomic E-state index is 5.86. The minimum absolute atomic E-state index is 0.00414. The van der Waals surface area contributed by atoms with Gasteiger partial charge in [0, 0.05) is 30.6 Å². The molecule has 1 aliphatic heterocycles. The molecule has 1 aromatic heterocycles. The highest BCUT2D eigenvalue weighted by molar-refractivity contribution is 5.97. The van der Waals surface area contributed by atoms with Crippen molar-refractivity contribution in [1.29, 1.82) is 0 Å². The number of ether oxygens (including phenoxy) is 1. The zero-order valence-electron chi connectivity index (χ0n) is 14.1. The van der Waals surface area contributed by atoms with E-state index in [0.717, 1.165) is 18.2 Å². The first-order valence-corrected chi connectivity index (χ1v) is 8.62. The second kappa shape index (κ2) is 5.06. The van der Waals surface area contributed by atoms with E-state index < -0.39 is 0 Å². The van der Waals surface area contributed by atoms with Crippen LogP contribution in [-0.4, -0.2) is 22.6 Å². The summed E-state index contributed by atoms with van der Waals surface area (Å²) in [7, 11) is 0. The van der Waals surface area contributed by atoms with Crippen molar-refractivity contribution in [2.75, 3.05) is 0 Å². The molecule has 0 saturated heterocycles. The Kier molecular flexibility index (Phi) is 2.93. The molecule has 124 valence electrons. The third kappa shape index (κ3) is 2.07. The van der Waals surface area contributed by atoms with Crippen LogP contribution in [0.15, 0.2) is 59.9 Å². The van der Waals surface area contributed by atoms with Crippen molar-refractivity contribution in [3.8, 4) is 11.1 Å². The standard InChI is InChI=1S/C21H19N3O/c1-13-21(24-20(22)25-13)10-14-4-2-7-18(19(14)11-21)17-6-3-5-15-12-23-9-8-16(15)17/h2-9,12-13H,10-11H2,1H3,(H2,22,24). The molecule has 0 saturated carbocycles. The predicted octanol–water partition coefficient (Wildman–Crippen LogP) is 3.47. The van der Waals surface area contributed by atoms with Crippen LogP contribution in [0.5, 0.6) is 0 Å². The summed E-state index contributed by atoms with van der Waals surface area (Å²) in [5.41, 5.74) is 10.8. The molecule has 2 unspecified atom stereocenters. The smallest absolute Gasteiger partial charge is 0.282 e. The van der Waals surface area contributed by atoms with Gasteiger partial charge in [0.2, 0.25) is 0 Å². The molecule has 4 heteroatoms. The molecule has 2 heterocycles. The normalized spacial score (nSPS) is 24.4. The summed E-state index contributed by atoms with van der Waals surface area (Å²) in [6.45, 7) is 2.07. The Hall–Kier alpha value is -2.88. The number of aromatic nitrogens is 1. The van der Waals surface area contributed by atoms with Gasteiger partial charge in [0.25, 0.3) is 6.02 Å². The molecule has 2 aromatic carbocycles. The Bertz CT molecular complexity index is 1020. The van der Waals surface area contributed by atoms with Gasteiger partial charge in [0.15, 0.2) is 0 Å². The molecule has 2 aliphatic rings. The molecule has 5 rings (SSSR count). The van der Waals surface area contributed by atoms with Crippen LogP contribution < -0.4 is 5.73 Å². The number of amidine groups is 1. The van der Waals surface area contributed by atoms with E-state index in [-0.39, 0.29) is 11.6 Å². The lowest BCUT2D eigenvalue weighted by Gasteiger charge is -2.23. The van der Waals surface area contributed by atoms with Crippen molar-refractivity contribution >= 4 is 16.8 Å². The lowest BCUT2D eigenvalue weighted by Crippen LogP contribution is -2.36. The number of benzene rings is 2. The van der Waals surface area contributed by atoms with Gasteiger partial charge in [-0.05, 0) is 40.6 Å². The van der Waals surface area contributed by atoms with Crippen molar-refractivity contribution in [2.45, 2.75) is 31.4 Å². The summed E-state index contributed by atoms with van der Waals surface area (Å²) in [5.74, 6) is 0. The van der Waals surface area contributed by atoms with Crippen molar-refractivity contribution in [3.63, 3.8) is 0 Å². The van der Waals surface area contributed by atoms with Gasteiger partial charge < -0.3 is 10.5 Å². The molecule has 0 bridgehead atoms. The molecule has 0 fully saturated rings. The fourth-order valence-corrected chi connectivity index (χ4v) is 4.31. The first kappa shape index (κ1) is 14.5. The van der Waals surface area contributed by atoms with Gasteiger partial charge in [-0.1, -0.05) is 36.4 Å². The van der Waals surface area contributed by atoms with Gasteiger partial charge in [-0.2, -0.15) is 0 Å². The predicted molar refractivity (Wildman–Crippen MR) is 99.5 cm³/mol. The van der Waals surface area contributed by atoms with E-state index in [0.29, 0.717) is 6.02 Å². The number of nitrogens with two attached hydrogens (primary N) is 1. The summed E-state index contributed by atoms with van der Waals surface area (Å²) >= 11 is 0. The van der Waals surface area contributed by atoms with Crippen LogP contribution in [0, 0.1) is 0 Å². The second-order valence-electron chi connectivity index (χ2n) is 7.01. The maximum atomic E-state index is 5.86. The Morgan fingerprint density at radius 3 is 2.76 bits per heavy atom. The van der Waals surface area contributed by atoms with Gasteiger partial charge in [0.05, 0.1) is 0 Å². The monoisotopic (exact) mass is 329 g/mol. The van der Waals surface area contributed by atoms with Crippen molar-refractivity contribution in [3.05, 3.63) is 66.0 Å². The fourth-order valence-electron chi connectivity index (χ4n) is 4.31. The first-order chi connectivity index (χ1) is 12.2. The molecule has 4 nitrogen and oxygen atoms in total. The van der Waals surface area contributed by atoms with Gasteiger partial charge in [-0.25, -0.2) is 4.99 Å². The molecule has 0 amide bonds. The Labute approximate surface area is 146 Å². The molecule has 2 atom stereocenters. The molecule has 25 heavy (non-hydrogen) atoms. The number of pyridine rings is 1. The van der Waals surface area contributed by atoms with Gasteiger partial charge >= 0.3 is 0 Å². The molecule has 2 N–H and O–H groups in total. The molecular formula is C21H19N3O. The third-order valence-electron chi connectivity index (χ3n) is 5.61. The number of hydrogen-bond donors (Lipinski definition) is 1. The summed E-state index contributed by atoms with van der Waals surface area (Å²) in [5, 5.41) is 2.38. The van der Waals surface area contributed by atoms with E-state index in [1.54, 1.807) is 0 Å². The van der Waals surface area contributed by atoms with Crippen LogP contribution in [0.2, 0.25) is 0 Å². The number of hydrogen-bond acceptors (Lipinski definition) is 4. The molecule has 1 aliphatic carbocycles. The second-order valence-corrected chi connectivity index (χ2v) is 7.01. The van der Waals surface area contributed by atoms with Crippen LogP contribution in [0.25, 0.3) is 21.9 Å².